The van der Waals surface area contributed by atoms with Crippen molar-refractivity contribution < 1.29 is 48.0 Å². The Labute approximate surface area is 242 Å². The van der Waals surface area contributed by atoms with Gasteiger partial charge in [-0.3, -0.25) is 9.59 Å². The number of esters is 3. The maximum Gasteiger partial charge on any atom is 0.336 e. The summed E-state index contributed by atoms with van der Waals surface area (Å²) in [4.78, 5) is 47.0. The number of aliphatic carboxylic acids is 1. The Hall–Kier alpha value is -5.38. The third-order valence-electron chi connectivity index (χ3n) is 5.75. The van der Waals surface area contributed by atoms with E-state index in [4.69, 9.17) is 23.7 Å². The topological polar surface area (TPSA) is 135 Å². The Kier molecular flexibility index (Phi) is 10.6. The zero-order valence-corrected chi connectivity index (χ0v) is 23.8. The molecule has 0 unspecified atom stereocenters. The lowest BCUT2D eigenvalue weighted by molar-refractivity contribution is -0.133. The first kappa shape index (κ1) is 31.2. The normalized spacial score (nSPS) is 11.1. The van der Waals surface area contributed by atoms with Gasteiger partial charge in [-0.2, -0.15) is 0 Å². The molecular weight excluding hydrogens is 544 g/mol. The molecule has 0 amide bonds. The van der Waals surface area contributed by atoms with Gasteiger partial charge in [0.25, 0.3) is 0 Å². The van der Waals surface area contributed by atoms with Crippen LogP contribution in [-0.2, 0) is 25.6 Å². The molecular formula is C32H30O10. The van der Waals surface area contributed by atoms with Gasteiger partial charge < -0.3 is 28.8 Å². The molecule has 1 N–H and O–H groups in total. The number of hydrogen-bond acceptors (Lipinski definition) is 9. The average Bonchev–Trinajstić information content (AvgIpc) is 2.93. The van der Waals surface area contributed by atoms with Crippen LogP contribution in [0.15, 0.2) is 66.2 Å². The Morgan fingerprint density at radius 2 is 1.26 bits per heavy atom. The lowest BCUT2D eigenvalue weighted by Crippen LogP contribution is -2.07. The number of carboxylic acids is 1. The summed E-state index contributed by atoms with van der Waals surface area (Å²) in [5.41, 5.74) is 2.62. The van der Waals surface area contributed by atoms with Crippen LogP contribution in [0, 0.1) is 6.92 Å². The van der Waals surface area contributed by atoms with E-state index in [2.05, 4.69) is 0 Å². The van der Waals surface area contributed by atoms with Crippen molar-refractivity contribution in [3.05, 3.63) is 88.5 Å². The molecule has 10 nitrogen and oxygen atoms in total. The summed E-state index contributed by atoms with van der Waals surface area (Å²) in [6.45, 7) is 4.30. The van der Waals surface area contributed by atoms with Gasteiger partial charge in [0.15, 0.2) is 23.0 Å². The second-order valence-electron chi connectivity index (χ2n) is 9.01. The van der Waals surface area contributed by atoms with E-state index in [0.29, 0.717) is 33.8 Å². The van der Waals surface area contributed by atoms with Crippen LogP contribution >= 0.6 is 0 Å². The van der Waals surface area contributed by atoms with Crippen LogP contribution in [0.25, 0.3) is 12.2 Å². The van der Waals surface area contributed by atoms with E-state index in [-0.39, 0.29) is 29.2 Å². The molecule has 3 aromatic rings. The Balaban J connectivity index is 1.72. The van der Waals surface area contributed by atoms with Crippen LogP contribution in [0.2, 0.25) is 0 Å². The second kappa shape index (κ2) is 14.3. The fraction of sp³-hybridized carbons (Fsp3) is 0.188. The molecule has 42 heavy (non-hydrogen) atoms. The molecule has 10 heteroatoms. The van der Waals surface area contributed by atoms with Crippen molar-refractivity contribution >= 4 is 36.0 Å². The van der Waals surface area contributed by atoms with Crippen molar-refractivity contribution in [1.29, 1.82) is 0 Å². The number of carbonyl (C=O) groups is 4. The number of ether oxygens (including phenoxy) is 5. The Morgan fingerprint density at radius 1 is 0.714 bits per heavy atom. The minimum Gasteiger partial charge on any atom is -0.493 e. The summed E-state index contributed by atoms with van der Waals surface area (Å²) < 4.78 is 26.1. The van der Waals surface area contributed by atoms with Crippen LogP contribution in [0.5, 0.6) is 28.7 Å². The first-order chi connectivity index (χ1) is 20.0. The highest BCUT2D eigenvalue weighted by molar-refractivity contribution is 5.93. The molecule has 0 spiro atoms. The van der Waals surface area contributed by atoms with Crippen LogP contribution in [-0.4, -0.2) is 43.2 Å². The van der Waals surface area contributed by atoms with Gasteiger partial charge in [0.05, 0.1) is 14.2 Å². The van der Waals surface area contributed by atoms with E-state index in [9.17, 15) is 24.3 Å². The molecule has 0 aliphatic rings. The molecule has 0 radical (unpaired) electrons. The third-order valence-corrected chi connectivity index (χ3v) is 5.75. The quantitative estimate of drug-likeness (QED) is 0.185. The summed E-state index contributed by atoms with van der Waals surface area (Å²) in [5.74, 6) is -1.27. The highest BCUT2D eigenvalue weighted by atomic mass is 16.6. The number of benzene rings is 3. The number of carbonyl (C=O) groups excluding carboxylic acids is 3. The van der Waals surface area contributed by atoms with E-state index in [1.54, 1.807) is 55.5 Å². The summed E-state index contributed by atoms with van der Waals surface area (Å²) in [6.07, 6.45) is 4.39. The van der Waals surface area contributed by atoms with E-state index in [0.717, 1.165) is 0 Å². The average molecular weight is 575 g/mol. The molecule has 218 valence electrons. The molecule has 0 aromatic heterocycles. The predicted molar refractivity (Wildman–Crippen MR) is 154 cm³/mol. The molecule has 0 heterocycles. The number of methoxy groups -OCH3 is 2. The SMILES string of the molecule is COc1cc(/C=C/C(=O)Oc2ccc(C/C(=C\c3ccc(OC(C)=O)c(OC)c3)C(=O)O)cc2C)ccc1OC(C)=O. The first-order valence-electron chi connectivity index (χ1n) is 12.6. The molecule has 0 aliphatic heterocycles. The Bertz CT molecular complexity index is 1570. The monoisotopic (exact) mass is 574 g/mol. The molecule has 0 saturated carbocycles. The molecule has 0 saturated heterocycles. The third kappa shape index (κ3) is 8.82. The predicted octanol–water partition coefficient (Wildman–Crippen LogP) is 5.19. The number of rotatable bonds is 11. The second-order valence-corrected chi connectivity index (χ2v) is 9.01. The minimum atomic E-state index is -1.10. The highest BCUT2D eigenvalue weighted by Crippen LogP contribution is 2.30. The lowest BCUT2D eigenvalue weighted by atomic mass is 10.0. The van der Waals surface area contributed by atoms with Gasteiger partial charge in [-0.25, -0.2) is 9.59 Å². The summed E-state index contributed by atoms with van der Waals surface area (Å²) >= 11 is 0. The smallest absolute Gasteiger partial charge is 0.336 e. The fourth-order valence-corrected chi connectivity index (χ4v) is 3.89. The van der Waals surface area contributed by atoms with Crippen molar-refractivity contribution in [2.75, 3.05) is 14.2 Å². The van der Waals surface area contributed by atoms with Gasteiger partial charge in [-0.05, 0) is 71.7 Å². The van der Waals surface area contributed by atoms with Crippen LogP contribution < -0.4 is 23.7 Å². The zero-order valence-electron chi connectivity index (χ0n) is 23.8. The van der Waals surface area contributed by atoms with Crippen LogP contribution in [0.3, 0.4) is 0 Å². The van der Waals surface area contributed by atoms with E-state index in [1.165, 1.54) is 52.4 Å². The van der Waals surface area contributed by atoms with Gasteiger partial charge in [0, 0.05) is 31.9 Å². The Morgan fingerprint density at radius 3 is 1.79 bits per heavy atom. The highest BCUT2D eigenvalue weighted by Gasteiger charge is 2.14. The fourth-order valence-electron chi connectivity index (χ4n) is 3.89. The van der Waals surface area contributed by atoms with Gasteiger partial charge in [-0.15, -0.1) is 0 Å². The molecule has 0 aliphatic carbocycles. The van der Waals surface area contributed by atoms with E-state index >= 15 is 0 Å². The van der Waals surface area contributed by atoms with E-state index < -0.39 is 23.9 Å². The van der Waals surface area contributed by atoms with Gasteiger partial charge >= 0.3 is 23.9 Å². The van der Waals surface area contributed by atoms with Gasteiger partial charge in [0.2, 0.25) is 0 Å². The lowest BCUT2D eigenvalue weighted by Gasteiger charge is -2.10. The zero-order chi connectivity index (χ0) is 30.8. The molecule has 3 aromatic carbocycles. The van der Waals surface area contributed by atoms with Gasteiger partial charge in [0.1, 0.15) is 5.75 Å². The molecule has 0 fully saturated rings. The number of aryl methyl sites for hydroxylation is 1. The molecule has 0 atom stereocenters. The number of carboxylic acid groups (broad SMARTS) is 1. The largest absolute Gasteiger partial charge is 0.493 e. The van der Waals surface area contributed by atoms with E-state index in [1.807, 2.05) is 0 Å². The maximum absolute atomic E-state index is 12.5. The standard InChI is InChI=1S/C32H30O10/c1-19-14-23(15-25(32(36)37)16-24-8-12-28(41-21(3)34)30(18-24)39-5)7-10-26(19)42-31(35)13-9-22-6-11-27(40-20(2)33)29(17-22)38-4/h6-14,16-18H,15H2,1-5H3,(H,36,37)/b13-9+,25-16+. The summed E-state index contributed by atoms with van der Waals surface area (Å²) in [6, 6.07) is 14.6. The minimum absolute atomic E-state index is 0.101. The van der Waals surface area contributed by atoms with Crippen molar-refractivity contribution in [3.8, 4) is 28.7 Å². The van der Waals surface area contributed by atoms with Crippen molar-refractivity contribution in [2.45, 2.75) is 27.2 Å². The summed E-state index contributed by atoms with van der Waals surface area (Å²) in [7, 11) is 2.86. The van der Waals surface area contributed by atoms with Crippen molar-refractivity contribution in [3.63, 3.8) is 0 Å². The first-order valence-corrected chi connectivity index (χ1v) is 12.6. The van der Waals surface area contributed by atoms with Crippen molar-refractivity contribution in [2.24, 2.45) is 0 Å². The molecule has 0 bridgehead atoms. The van der Waals surface area contributed by atoms with Gasteiger partial charge in [-0.1, -0.05) is 24.3 Å². The van der Waals surface area contributed by atoms with Crippen LogP contribution in [0.4, 0.5) is 0 Å². The number of hydrogen-bond donors (Lipinski definition) is 1. The molecule has 3 rings (SSSR count). The van der Waals surface area contributed by atoms with Crippen molar-refractivity contribution in [1.82, 2.24) is 0 Å². The van der Waals surface area contributed by atoms with Crippen LogP contribution in [0.1, 0.15) is 36.1 Å². The maximum atomic E-state index is 12.5. The summed E-state index contributed by atoms with van der Waals surface area (Å²) in [5, 5.41) is 9.80.